The minimum absolute atomic E-state index is 0.0538. The number of alkyl halides is 2. The number of hydrogen-bond donors (Lipinski definition) is 1. The van der Waals surface area contributed by atoms with Crippen molar-refractivity contribution in [2.75, 3.05) is 43.6 Å². The zero-order valence-electron chi connectivity index (χ0n) is 19.0. The van der Waals surface area contributed by atoms with Crippen LogP contribution in [0.1, 0.15) is 10.5 Å². The van der Waals surface area contributed by atoms with Crippen LogP contribution in [-0.2, 0) is 9.47 Å². The fourth-order valence-corrected chi connectivity index (χ4v) is 4.31. The topological polar surface area (TPSA) is 112 Å². The van der Waals surface area contributed by atoms with Gasteiger partial charge in [-0.3, -0.25) is 0 Å². The fourth-order valence-electron chi connectivity index (χ4n) is 4.31. The first-order chi connectivity index (χ1) is 17.4. The van der Waals surface area contributed by atoms with E-state index in [0.717, 1.165) is 19.3 Å². The molecule has 5 rings (SSSR count). The molecule has 1 aromatic carbocycles. The van der Waals surface area contributed by atoms with Crippen LogP contribution in [-0.4, -0.2) is 66.2 Å². The van der Waals surface area contributed by atoms with E-state index < -0.39 is 18.4 Å². The Kier molecular flexibility index (Phi) is 6.55. The molecule has 0 spiro atoms. The quantitative estimate of drug-likeness (QED) is 0.483. The molecule has 0 radical (unpaired) electrons. The lowest BCUT2D eigenvalue weighted by atomic mass is 10.0. The number of ether oxygens (including phenoxy) is 3. The van der Waals surface area contributed by atoms with Crippen LogP contribution in [0, 0.1) is 17.7 Å². The average Bonchev–Trinajstić information content (AvgIpc) is 3.48. The van der Waals surface area contributed by atoms with Crippen LogP contribution in [0.2, 0.25) is 0 Å². The second-order valence-corrected chi connectivity index (χ2v) is 8.34. The number of nitrogens with zero attached hydrogens (tertiary/aromatic N) is 5. The first kappa shape index (κ1) is 23.7. The highest BCUT2D eigenvalue weighted by atomic mass is 19.3. The normalized spacial score (nSPS) is 18.9. The van der Waals surface area contributed by atoms with Crippen molar-refractivity contribution < 1.29 is 32.2 Å². The molecule has 3 aromatic rings. The van der Waals surface area contributed by atoms with Crippen molar-refractivity contribution in [1.29, 1.82) is 0 Å². The average molecular weight is 502 g/mol. The molecule has 2 aromatic heterocycles. The highest BCUT2D eigenvalue weighted by molar-refractivity contribution is 5.95. The van der Waals surface area contributed by atoms with Gasteiger partial charge in [-0.15, -0.1) is 10.2 Å². The van der Waals surface area contributed by atoms with Crippen LogP contribution < -0.4 is 15.0 Å². The predicted molar refractivity (Wildman–Crippen MR) is 121 cm³/mol. The van der Waals surface area contributed by atoms with Crippen LogP contribution in [0.3, 0.4) is 0 Å². The van der Waals surface area contributed by atoms with Crippen molar-refractivity contribution in [2.45, 2.75) is 6.61 Å². The first-order valence-electron chi connectivity index (χ1n) is 11.0. The monoisotopic (exact) mass is 502 g/mol. The number of nitrogens with one attached hydrogen (secondary N) is 1. The van der Waals surface area contributed by atoms with Crippen molar-refractivity contribution in [3.05, 3.63) is 48.0 Å². The fraction of sp³-hybridized carbons (Fsp3) is 0.348. The predicted octanol–water partition coefficient (Wildman–Crippen LogP) is 3.29. The molecule has 2 aliphatic rings. The molecule has 2 fully saturated rings. The highest BCUT2D eigenvalue weighted by Crippen LogP contribution is 2.32. The number of aromatic nitrogens is 4. The largest absolute Gasteiger partial charge is 0.464 e. The summed E-state index contributed by atoms with van der Waals surface area (Å²) in [6, 6.07) is 7.05. The number of halogens is 3. The lowest BCUT2D eigenvalue weighted by molar-refractivity contribution is -0.0498. The maximum absolute atomic E-state index is 14.6. The molecule has 36 heavy (non-hydrogen) atoms. The highest BCUT2D eigenvalue weighted by Gasteiger charge is 2.38. The molecule has 2 saturated heterocycles. The molecule has 0 saturated carbocycles. The number of carbonyl (C=O) groups is 1. The Labute approximate surface area is 203 Å². The number of fused-ring (bicyclic) bond motifs is 1. The Bertz CT molecular complexity index is 1250. The summed E-state index contributed by atoms with van der Waals surface area (Å²) in [6.45, 7) is -0.153. The van der Waals surface area contributed by atoms with Gasteiger partial charge in [-0.1, -0.05) is 12.1 Å². The van der Waals surface area contributed by atoms with Crippen molar-refractivity contribution in [2.24, 2.45) is 11.8 Å². The van der Waals surface area contributed by atoms with Crippen LogP contribution in [0.15, 0.2) is 36.5 Å². The number of hydrogen-bond acceptors (Lipinski definition) is 10. The Morgan fingerprint density at radius 3 is 2.56 bits per heavy atom. The third kappa shape index (κ3) is 4.87. The van der Waals surface area contributed by atoms with Gasteiger partial charge in [0.25, 0.3) is 0 Å². The van der Waals surface area contributed by atoms with Crippen LogP contribution in [0.25, 0.3) is 11.1 Å². The van der Waals surface area contributed by atoms with Crippen LogP contribution in [0.4, 0.5) is 30.8 Å². The van der Waals surface area contributed by atoms with E-state index in [0.29, 0.717) is 36.6 Å². The van der Waals surface area contributed by atoms with Crippen LogP contribution >= 0.6 is 0 Å². The third-order valence-electron chi connectivity index (χ3n) is 6.06. The molecule has 0 amide bonds. The second kappa shape index (κ2) is 9.93. The van der Waals surface area contributed by atoms with Gasteiger partial charge in [0, 0.05) is 30.5 Å². The van der Waals surface area contributed by atoms with E-state index in [2.05, 4.69) is 30.2 Å². The summed E-state index contributed by atoms with van der Waals surface area (Å²) in [7, 11) is 1.19. The summed E-state index contributed by atoms with van der Waals surface area (Å²) >= 11 is 0. The maximum atomic E-state index is 14.6. The van der Waals surface area contributed by atoms with Gasteiger partial charge in [0.1, 0.15) is 5.75 Å². The summed E-state index contributed by atoms with van der Waals surface area (Å²) in [6.07, 6.45) is 1.08. The summed E-state index contributed by atoms with van der Waals surface area (Å²) in [5.41, 5.74) is 0.620. The number of rotatable bonds is 7. The molecule has 4 heterocycles. The van der Waals surface area contributed by atoms with Gasteiger partial charge in [0.2, 0.25) is 5.95 Å². The minimum Gasteiger partial charge on any atom is -0.464 e. The molecular weight excluding hydrogens is 481 g/mol. The van der Waals surface area contributed by atoms with Crippen LogP contribution in [0.5, 0.6) is 5.75 Å². The summed E-state index contributed by atoms with van der Waals surface area (Å²) in [5.74, 6) is -0.352. The maximum Gasteiger partial charge on any atom is 0.387 e. The Morgan fingerprint density at radius 2 is 1.89 bits per heavy atom. The molecule has 2 aliphatic heterocycles. The van der Waals surface area contributed by atoms with Crippen molar-refractivity contribution in [3.8, 4) is 16.9 Å². The number of anilines is 3. The second-order valence-electron chi connectivity index (χ2n) is 8.34. The third-order valence-corrected chi connectivity index (χ3v) is 6.06. The molecule has 13 heteroatoms. The number of methoxy groups -OCH3 is 1. The minimum atomic E-state index is -2.97. The molecule has 2 atom stereocenters. The zero-order chi connectivity index (χ0) is 25.2. The SMILES string of the molecule is COC(=O)c1nnc(Nc2nc(N3CC4COCC4C3)ncc2F)cc1-c1ccc(OC(F)F)cc1. The number of carbonyl (C=O) groups excluding carboxylic acids is 1. The standard InChI is InChI=1S/C23H21F3N6O4/c1-34-21(33)19-16(12-2-4-15(5-3-12)36-22(25)26)6-18(30-31-19)28-20-17(24)7-27-23(29-20)32-8-13-10-35-11-14(13)9-32/h2-7,13-14,22H,8-11H2,1H3,(H,27,28,29,30). The zero-order valence-corrected chi connectivity index (χ0v) is 19.0. The molecule has 188 valence electrons. The first-order valence-corrected chi connectivity index (χ1v) is 11.0. The number of esters is 1. The number of benzene rings is 1. The Morgan fingerprint density at radius 1 is 1.17 bits per heavy atom. The molecule has 0 bridgehead atoms. The van der Waals surface area contributed by atoms with E-state index in [-0.39, 0.29) is 28.6 Å². The van der Waals surface area contributed by atoms with Crippen molar-refractivity contribution in [1.82, 2.24) is 20.2 Å². The molecule has 10 nitrogen and oxygen atoms in total. The van der Waals surface area contributed by atoms with Gasteiger partial charge in [0.05, 0.1) is 26.5 Å². The Hall–Kier alpha value is -4.00. The lowest BCUT2D eigenvalue weighted by Gasteiger charge is -2.18. The van der Waals surface area contributed by atoms with E-state index in [1.165, 1.54) is 37.4 Å². The van der Waals surface area contributed by atoms with Gasteiger partial charge >= 0.3 is 12.6 Å². The van der Waals surface area contributed by atoms with E-state index in [9.17, 15) is 18.0 Å². The van der Waals surface area contributed by atoms with Gasteiger partial charge in [0.15, 0.2) is 23.1 Å². The van der Waals surface area contributed by atoms with Crippen molar-refractivity contribution >= 4 is 23.6 Å². The Balaban J connectivity index is 1.42. The van der Waals surface area contributed by atoms with Gasteiger partial charge in [-0.2, -0.15) is 13.8 Å². The summed E-state index contributed by atoms with van der Waals surface area (Å²) in [4.78, 5) is 22.7. The summed E-state index contributed by atoms with van der Waals surface area (Å²) in [5, 5.41) is 10.7. The van der Waals surface area contributed by atoms with E-state index in [4.69, 9.17) is 9.47 Å². The molecule has 2 unspecified atom stereocenters. The smallest absolute Gasteiger partial charge is 0.387 e. The van der Waals surface area contributed by atoms with E-state index in [1.54, 1.807) is 0 Å². The lowest BCUT2D eigenvalue weighted by Crippen LogP contribution is -2.24. The molecular formula is C23H21F3N6O4. The molecule has 0 aliphatic carbocycles. The van der Waals surface area contributed by atoms with E-state index >= 15 is 0 Å². The van der Waals surface area contributed by atoms with Gasteiger partial charge in [-0.25, -0.2) is 14.2 Å². The van der Waals surface area contributed by atoms with E-state index in [1.807, 2.05) is 4.90 Å². The molecule has 1 N–H and O–H groups in total. The van der Waals surface area contributed by atoms with Gasteiger partial charge in [-0.05, 0) is 23.8 Å². The van der Waals surface area contributed by atoms with Crippen molar-refractivity contribution in [3.63, 3.8) is 0 Å². The summed E-state index contributed by atoms with van der Waals surface area (Å²) < 4.78 is 54.2. The van der Waals surface area contributed by atoms with Gasteiger partial charge < -0.3 is 24.4 Å².